The van der Waals surface area contributed by atoms with Gasteiger partial charge in [0, 0.05) is 6.07 Å². The van der Waals surface area contributed by atoms with Gasteiger partial charge in [0.2, 0.25) is 5.91 Å². The number of nitro groups is 1. The summed E-state index contributed by atoms with van der Waals surface area (Å²) < 4.78 is 1.53. The minimum absolute atomic E-state index is 0.114. The van der Waals surface area contributed by atoms with Crippen molar-refractivity contribution in [1.82, 2.24) is 9.55 Å². The first-order valence-corrected chi connectivity index (χ1v) is 11.4. The first kappa shape index (κ1) is 23.2. The minimum Gasteiger partial charge on any atom is -0.319 e. The number of fused-ring (bicyclic) bond motifs is 1. The number of amides is 1. The smallest absolute Gasteiger partial charge is 0.292 e. The number of hydrogen-bond acceptors (Lipinski definition) is 6. The Balaban J connectivity index is 1.75. The fourth-order valence-electron chi connectivity index (χ4n) is 3.55. The van der Waals surface area contributed by atoms with E-state index in [1.165, 1.54) is 22.8 Å². The molecule has 0 bridgehead atoms. The van der Waals surface area contributed by atoms with Crippen molar-refractivity contribution in [3.05, 3.63) is 98.3 Å². The number of aromatic nitrogens is 2. The lowest BCUT2D eigenvalue weighted by molar-refractivity contribution is -0.383. The van der Waals surface area contributed by atoms with Crippen LogP contribution in [-0.2, 0) is 4.79 Å². The van der Waals surface area contributed by atoms with Gasteiger partial charge in [0.15, 0.2) is 5.16 Å². The average Bonchev–Trinajstić information content (AvgIpc) is 2.81. The van der Waals surface area contributed by atoms with Crippen LogP contribution in [0.1, 0.15) is 18.1 Å². The zero-order valence-corrected chi connectivity index (χ0v) is 19.6. The van der Waals surface area contributed by atoms with Crippen LogP contribution in [0.3, 0.4) is 0 Å². The topological polar surface area (TPSA) is 107 Å². The highest BCUT2D eigenvalue weighted by molar-refractivity contribution is 8.00. The Morgan fingerprint density at radius 3 is 2.56 bits per heavy atom. The summed E-state index contributed by atoms with van der Waals surface area (Å²) in [6, 6.07) is 18.8. The molecular formula is C25H22N4O4S. The molecule has 0 aliphatic heterocycles. The number of nitrogens with one attached hydrogen (secondary N) is 1. The Hall–Kier alpha value is -3.98. The zero-order valence-electron chi connectivity index (χ0n) is 18.8. The van der Waals surface area contributed by atoms with Gasteiger partial charge in [-0.25, -0.2) is 4.98 Å². The Kier molecular flexibility index (Phi) is 6.47. The third-order valence-electron chi connectivity index (χ3n) is 5.36. The predicted molar refractivity (Wildman–Crippen MR) is 134 cm³/mol. The standard InChI is InChI=1S/C25H22N4O4S/c1-15-12-13-16(2)22(14-15)28-24(31)18-8-4-5-9-19(18)27-25(28)34-17(3)23(30)26-20-10-6-7-11-21(20)29(32)33/h4-14,17H,1-3H3,(H,26,30). The van der Waals surface area contributed by atoms with Crippen LogP contribution in [0.5, 0.6) is 0 Å². The van der Waals surface area contributed by atoms with E-state index in [0.29, 0.717) is 21.7 Å². The lowest BCUT2D eigenvalue weighted by Gasteiger charge is -2.18. The molecule has 172 valence electrons. The van der Waals surface area contributed by atoms with Gasteiger partial charge in [-0.15, -0.1) is 0 Å². The molecule has 1 heterocycles. The van der Waals surface area contributed by atoms with Crippen molar-refractivity contribution in [2.24, 2.45) is 0 Å². The van der Waals surface area contributed by atoms with E-state index >= 15 is 0 Å². The molecule has 0 radical (unpaired) electrons. The van der Waals surface area contributed by atoms with E-state index in [9.17, 15) is 19.7 Å². The molecule has 1 atom stereocenters. The van der Waals surface area contributed by atoms with Gasteiger partial charge in [0.25, 0.3) is 11.2 Å². The van der Waals surface area contributed by atoms with Crippen LogP contribution in [-0.4, -0.2) is 25.6 Å². The summed E-state index contributed by atoms with van der Waals surface area (Å²) in [4.78, 5) is 41.9. The van der Waals surface area contributed by atoms with Gasteiger partial charge in [-0.1, -0.05) is 48.2 Å². The molecule has 0 aliphatic carbocycles. The number of nitro benzene ring substituents is 1. The van der Waals surface area contributed by atoms with Crippen molar-refractivity contribution < 1.29 is 9.72 Å². The number of rotatable bonds is 6. The maximum absolute atomic E-state index is 13.5. The molecule has 0 saturated heterocycles. The Bertz CT molecular complexity index is 1480. The highest BCUT2D eigenvalue weighted by atomic mass is 32.2. The molecule has 9 heteroatoms. The molecule has 0 fully saturated rings. The van der Waals surface area contributed by atoms with Crippen molar-refractivity contribution >= 4 is 39.9 Å². The van der Waals surface area contributed by atoms with Crippen molar-refractivity contribution in [2.75, 3.05) is 5.32 Å². The van der Waals surface area contributed by atoms with Gasteiger partial charge in [-0.3, -0.25) is 24.3 Å². The lowest BCUT2D eigenvalue weighted by Crippen LogP contribution is -2.26. The molecule has 34 heavy (non-hydrogen) atoms. The van der Waals surface area contributed by atoms with E-state index in [1.807, 2.05) is 32.0 Å². The fraction of sp³-hybridized carbons (Fsp3) is 0.160. The maximum Gasteiger partial charge on any atom is 0.292 e. The first-order chi connectivity index (χ1) is 16.3. The van der Waals surface area contributed by atoms with Gasteiger partial charge < -0.3 is 5.32 Å². The van der Waals surface area contributed by atoms with E-state index in [1.54, 1.807) is 37.3 Å². The quantitative estimate of drug-likeness (QED) is 0.182. The summed E-state index contributed by atoms with van der Waals surface area (Å²) in [5.74, 6) is -0.436. The minimum atomic E-state index is -0.691. The van der Waals surface area contributed by atoms with Gasteiger partial charge in [0.05, 0.1) is 26.8 Å². The number of carbonyl (C=O) groups is 1. The summed E-state index contributed by atoms with van der Waals surface area (Å²) in [6.07, 6.45) is 0. The van der Waals surface area contributed by atoms with Crippen LogP contribution in [0.4, 0.5) is 11.4 Å². The molecule has 0 saturated carbocycles. The lowest BCUT2D eigenvalue weighted by atomic mass is 10.1. The molecule has 0 aliphatic rings. The van der Waals surface area contributed by atoms with E-state index in [-0.39, 0.29) is 16.9 Å². The number of carbonyl (C=O) groups excluding carboxylic acids is 1. The number of hydrogen-bond donors (Lipinski definition) is 1. The summed E-state index contributed by atoms with van der Waals surface area (Å²) in [5, 5.41) is 14.1. The molecule has 3 aromatic carbocycles. The third-order valence-corrected chi connectivity index (χ3v) is 6.41. The number of para-hydroxylation sites is 3. The number of benzene rings is 3. The van der Waals surface area contributed by atoms with Crippen molar-refractivity contribution in [2.45, 2.75) is 31.2 Å². The van der Waals surface area contributed by atoms with Crippen LogP contribution in [0, 0.1) is 24.0 Å². The van der Waals surface area contributed by atoms with E-state index in [2.05, 4.69) is 5.32 Å². The van der Waals surface area contributed by atoms with Crippen molar-refractivity contribution in [3.63, 3.8) is 0 Å². The van der Waals surface area contributed by atoms with Crippen LogP contribution < -0.4 is 10.9 Å². The normalized spacial score (nSPS) is 11.9. The zero-order chi connectivity index (χ0) is 24.4. The molecular weight excluding hydrogens is 452 g/mol. The highest BCUT2D eigenvalue weighted by Gasteiger charge is 2.23. The first-order valence-electron chi connectivity index (χ1n) is 10.6. The number of anilines is 1. The largest absolute Gasteiger partial charge is 0.319 e. The monoisotopic (exact) mass is 474 g/mol. The second-order valence-corrected chi connectivity index (χ2v) is 9.17. The Morgan fingerprint density at radius 2 is 1.79 bits per heavy atom. The second kappa shape index (κ2) is 9.48. The average molecular weight is 475 g/mol. The summed E-state index contributed by atoms with van der Waals surface area (Å²) in [6.45, 7) is 5.52. The Morgan fingerprint density at radius 1 is 1.09 bits per heavy atom. The van der Waals surface area contributed by atoms with Crippen LogP contribution in [0.25, 0.3) is 16.6 Å². The van der Waals surface area contributed by atoms with Crippen molar-refractivity contribution in [3.8, 4) is 5.69 Å². The molecule has 4 aromatic rings. The second-order valence-electron chi connectivity index (χ2n) is 7.87. The predicted octanol–water partition coefficient (Wildman–Crippen LogP) is 5.03. The highest BCUT2D eigenvalue weighted by Crippen LogP contribution is 2.29. The summed E-state index contributed by atoms with van der Waals surface area (Å²) in [7, 11) is 0. The number of nitrogens with zero attached hydrogens (tertiary/aromatic N) is 3. The van der Waals surface area contributed by atoms with Crippen molar-refractivity contribution in [1.29, 1.82) is 0 Å². The maximum atomic E-state index is 13.5. The van der Waals surface area contributed by atoms with Crippen LogP contribution >= 0.6 is 11.8 Å². The summed E-state index contributed by atoms with van der Waals surface area (Å²) in [5.41, 5.74) is 2.79. The third kappa shape index (κ3) is 4.55. The molecule has 1 unspecified atom stereocenters. The molecule has 1 amide bonds. The molecule has 0 spiro atoms. The molecule has 1 N–H and O–H groups in total. The Labute approximate surface area is 199 Å². The van der Waals surface area contributed by atoms with Gasteiger partial charge in [-0.2, -0.15) is 0 Å². The van der Waals surface area contributed by atoms with Crippen LogP contribution in [0.2, 0.25) is 0 Å². The molecule has 8 nitrogen and oxygen atoms in total. The van der Waals surface area contributed by atoms with Gasteiger partial charge in [0.1, 0.15) is 5.69 Å². The van der Waals surface area contributed by atoms with Gasteiger partial charge in [-0.05, 0) is 56.2 Å². The molecule has 1 aromatic heterocycles. The van der Waals surface area contributed by atoms with Gasteiger partial charge >= 0.3 is 0 Å². The molecule has 4 rings (SSSR count). The van der Waals surface area contributed by atoms with Crippen LogP contribution in [0.15, 0.2) is 76.7 Å². The summed E-state index contributed by atoms with van der Waals surface area (Å²) >= 11 is 1.12. The van der Waals surface area contributed by atoms with E-state index < -0.39 is 16.1 Å². The number of thioether (sulfide) groups is 1. The SMILES string of the molecule is Cc1ccc(C)c(-n2c(SC(C)C(=O)Nc3ccccc3[N+](=O)[O-])nc3ccccc3c2=O)c1. The fourth-order valence-corrected chi connectivity index (χ4v) is 4.47. The van der Waals surface area contributed by atoms with E-state index in [0.717, 1.165) is 22.9 Å². The van der Waals surface area contributed by atoms with E-state index in [4.69, 9.17) is 4.98 Å². The number of aryl methyl sites for hydroxylation is 2.